The Labute approximate surface area is 188 Å². The van der Waals surface area contributed by atoms with Gasteiger partial charge in [0.05, 0.1) is 24.1 Å². The molecule has 0 bridgehead atoms. The highest BCUT2D eigenvalue weighted by Crippen LogP contribution is 2.38. The number of urea groups is 1. The van der Waals surface area contributed by atoms with E-state index in [0.29, 0.717) is 11.1 Å². The lowest BCUT2D eigenvalue weighted by molar-refractivity contribution is -0.0489. The van der Waals surface area contributed by atoms with Gasteiger partial charge in [0, 0.05) is 24.0 Å². The van der Waals surface area contributed by atoms with E-state index in [-0.39, 0.29) is 23.3 Å². The highest BCUT2D eigenvalue weighted by molar-refractivity contribution is 6.02. The van der Waals surface area contributed by atoms with Gasteiger partial charge in [-0.1, -0.05) is 24.3 Å². The van der Waals surface area contributed by atoms with Crippen LogP contribution in [0.1, 0.15) is 29.6 Å². The standard InChI is InChI=1S/C24H21F2N5O2/c25-23(26)33-20-10-8-18(17-6-3-11-28-22(17)20)29-24(32)30-21-16-5-2-1-4-15(16)7-9-19(21)31-13-12-27-14-31/h1-6,8,10-14,19,21,23H,7,9H2,(H2,29,30,32)/t19-,21+/m0/s1. The van der Waals surface area contributed by atoms with Crippen LogP contribution >= 0.6 is 0 Å². The van der Waals surface area contributed by atoms with Gasteiger partial charge < -0.3 is 19.9 Å². The molecule has 0 saturated carbocycles. The lowest BCUT2D eigenvalue weighted by atomic mass is 9.84. The van der Waals surface area contributed by atoms with Crippen molar-refractivity contribution in [3.05, 3.63) is 84.6 Å². The lowest BCUT2D eigenvalue weighted by Crippen LogP contribution is -2.39. The first-order valence-electron chi connectivity index (χ1n) is 10.6. The van der Waals surface area contributed by atoms with Crippen molar-refractivity contribution < 1.29 is 18.3 Å². The van der Waals surface area contributed by atoms with Crippen LogP contribution in [0.3, 0.4) is 0 Å². The van der Waals surface area contributed by atoms with Crippen molar-refractivity contribution in [2.75, 3.05) is 5.32 Å². The predicted molar refractivity (Wildman–Crippen MR) is 119 cm³/mol. The molecule has 2 heterocycles. The second kappa shape index (κ2) is 8.85. The summed E-state index contributed by atoms with van der Waals surface area (Å²) >= 11 is 0. The molecule has 2 N–H and O–H groups in total. The van der Waals surface area contributed by atoms with E-state index in [9.17, 15) is 13.6 Å². The normalized spacial score (nSPS) is 17.5. The first-order chi connectivity index (χ1) is 16.1. The van der Waals surface area contributed by atoms with Crippen molar-refractivity contribution in [1.29, 1.82) is 0 Å². The van der Waals surface area contributed by atoms with Crippen LogP contribution in [-0.2, 0) is 6.42 Å². The van der Waals surface area contributed by atoms with Gasteiger partial charge in [0.25, 0.3) is 0 Å². The van der Waals surface area contributed by atoms with E-state index >= 15 is 0 Å². The van der Waals surface area contributed by atoms with Crippen molar-refractivity contribution in [2.24, 2.45) is 0 Å². The molecule has 0 spiro atoms. The number of imidazole rings is 1. The van der Waals surface area contributed by atoms with Crippen molar-refractivity contribution >= 4 is 22.6 Å². The molecule has 2 amide bonds. The summed E-state index contributed by atoms with van der Waals surface area (Å²) in [5, 5.41) is 6.46. The van der Waals surface area contributed by atoms with Gasteiger partial charge in [-0.2, -0.15) is 8.78 Å². The summed E-state index contributed by atoms with van der Waals surface area (Å²) in [6.45, 7) is -2.97. The molecule has 4 aromatic rings. The summed E-state index contributed by atoms with van der Waals surface area (Å²) in [6, 6.07) is 13.7. The third-order valence-electron chi connectivity index (χ3n) is 5.88. The maximum Gasteiger partial charge on any atom is 0.387 e. The van der Waals surface area contributed by atoms with E-state index < -0.39 is 12.6 Å². The van der Waals surface area contributed by atoms with Crippen LogP contribution in [0.25, 0.3) is 10.9 Å². The summed E-state index contributed by atoms with van der Waals surface area (Å²) in [7, 11) is 0. The van der Waals surface area contributed by atoms with Crippen LogP contribution in [0.5, 0.6) is 5.75 Å². The molecule has 2 aromatic carbocycles. The predicted octanol–water partition coefficient (Wildman–Crippen LogP) is 5.08. The number of nitrogens with zero attached hydrogens (tertiary/aromatic N) is 3. The van der Waals surface area contributed by atoms with E-state index in [1.165, 1.54) is 23.9 Å². The number of hydrogen-bond acceptors (Lipinski definition) is 4. The number of halogens is 2. The van der Waals surface area contributed by atoms with E-state index in [1.54, 1.807) is 24.7 Å². The fraction of sp³-hybridized carbons (Fsp3) is 0.208. The molecule has 9 heteroatoms. The van der Waals surface area contributed by atoms with Gasteiger partial charge in [0.2, 0.25) is 0 Å². The lowest BCUT2D eigenvalue weighted by Gasteiger charge is -2.35. The zero-order valence-corrected chi connectivity index (χ0v) is 17.5. The summed E-state index contributed by atoms with van der Waals surface area (Å²) in [5.41, 5.74) is 2.95. The molecule has 5 rings (SSSR count). The van der Waals surface area contributed by atoms with Crippen LogP contribution in [0, 0.1) is 0 Å². The molecule has 0 unspecified atom stereocenters. The number of aromatic nitrogens is 3. The van der Waals surface area contributed by atoms with Crippen molar-refractivity contribution in [3.63, 3.8) is 0 Å². The molecule has 33 heavy (non-hydrogen) atoms. The third-order valence-corrected chi connectivity index (χ3v) is 5.88. The second-order valence-electron chi connectivity index (χ2n) is 7.78. The van der Waals surface area contributed by atoms with Gasteiger partial charge in [-0.15, -0.1) is 0 Å². The average Bonchev–Trinajstić information content (AvgIpc) is 3.35. The molecule has 0 fully saturated rings. The molecule has 1 aliphatic rings. The van der Waals surface area contributed by atoms with Gasteiger partial charge in [-0.25, -0.2) is 9.78 Å². The number of amides is 2. The summed E-state index contributed by atoms with van der Waals surface area (Å²) in [6.07, 6.45) is 8.61. The number of benzene rings is 2. The Morgan fingerprint density at radius 2 is 2.00 bits per heavy atom. The zero-order chi connectivity index (χ0) is 22.8. The summed E-state index contributed by atoms with van der Waals surface area (Å²) in [5.74, 6) is -0.0482. The maximum atomic E-state index is 13.1. The van der Waals surface area contributed by atoms with Crippen molar-refractivity contribution in [2.45, 2.75) is 31.5 Å². The topological polar surface area (TPSA) is 81.1 Å². The highest BCUT2D eigenvalue weighted by Gasteiger charge is 2.31. The fourth-order valence-electron chi connectivity index (χ4n) is 4.45. The number of aryl methyl sites for hydroxylation is 1. The maximum absolute atomic E-state index is 13.1. The van der Waals surface area contributed by atoms with Gasteiger partial charge >= 0.3 is 12.6 Å². The number of carbonyl (C=O) groups excluding carboxylic acids is 1. The number of rotatable bonds is 5. The van der Waals surface area contributed by atoms with Crippen LogP contribution in [-0.4, -0.2) is 27.2 Å². The third kappa shape index (κ3) is 4.21. The highest BCUT2D eigenvalue weighted by atomic mass is 19.3. The Morgan fingerprint density at radius 3 is 2.82 bits per heavy atom. The smallest absolute Gasteiger partial charge is 0.387 e. The molecular weight excluding hydrogens is 428 g/mol. The molecule has 0 saturated heterocycles. The van der Waals surface area contributed by atoms with Crippen LogP contribution < -0.4 is 15.4 Å². The monoisotopic (exact) mass is 449 g/mol. The summed E-state index contributed by atoms with van der Waals surface area (Å²) < 4.78 is 32.1. The second-order valence-corrected chi connectivity index (χ2v) is 7.78. The minimum Gasteiger partial charge on any atom is -0.432 e. The first-order valence-corrected chi connectivity index (χ1v) is 10.6. The van der Waals surface area contributed by atoms with E-state index in [1.807, 2.05) is 29.0 Å². The van der Waals surface area contributed by atoms with Gasteiger partial charge in [0.15, 0.2) is 5.75 Å². The SMILES string of the molecule is O=C(Nc1ccc(OC(F)F)c2ncccc12)N[C@@H]1c2ccccc2CC[C@@H]1n1ccnc1. The Morgan fingerprint density at radius 1 is 1.12 bits per heavy atom. The first kappa shape index (κ1) is 20.9. The fourth-order valence-corrected chi connectivity index (χ4v) is 4.45. The van der Waals surface area contributed by atoms with Crippen LogP contribution in [0.2, 0.25) is 0 Å². The number of hydrogen-bond donors (Lipinski definition) is 2. The largest absolute Gasteiger partial charge is 0.432 e. The number of ether oxygens (including phenoxy) is 1. The quantitative estimate of drug-likeness (QED) is 0.445. The van der Waals surface area contributed by atoms with Crippen molar-refractivity contribution in [1.82, 2.24) is 19.9 Å². The molecule has 168 valence electrons. The van der Waals surface area contributed by atoms with E-state index in [4.69, 9.17) is 0 Å². The molecule has 2 aromatic heterocycles. The number of anilines is 1. The average molecular weight is 449 g/mol. The van der Waals surface area contributed by atoms with E-state index in [0.717, 1.165) is 18.4 Å². The summed E-state index contributed by atoms with van der Waals surface area (Å²) in [4.78, 5) is 21.4. The number of nitrogens with one attached hydrogen (secondary N) is 2. The molecule has 0 radical (unpaired) electrons. The molecule has 1 aliphatic carbocycles. The molecule has 0 aliphatic heterocycles. The molecular formula is C24H21F2N5O2. The number of pyridine rings is 1. The van der Waals surface area contributed by atoms with E-state index in [2.05, 4.69) is 31.4 Å². The minimum absolute atomic E-state index is 0.00776. The Hall–Kier alpha value is -4.01. The van der Waals surface area contributed by atoms with Gasteiger partial charge in [-0.05, 0) is 48.2 Å². The van der Waals surface area contributed by atoms with Crippen molar-refractivity contribution in [3.8, 4) is 5.75 Å². The Balaban J connectivity index is 1.43. The molecule has 2 atom stereocenters. The van der Waals surface area contributed by atoms with Gasteiger partial charge in [0.1, 0.15) is 5.52 Å². The number of carbonyl (C=O) groups is 1. The minimum atomic E-state index is -2.97. The van der Waals surface area contributed by atoms with Crippen LogP contribution in [0.15, 0.2) is 73.4 Å². The molecule has 7 nitrogen and oxygen atoms in total. The van der Waals surface area contributed by atoms with Crippen LogP contribution in [0.4, 0.5) is 19.3 Å². The van der Waals surface area contributed by atoms with Gasteiger partial charge in [-0.3, -0.25) is 4.98 Å². The number of fused-ring (bicyclic) bond motifs is 2. The Kier molecular flexibility index (Phi) is 5.60. The zero-order valence-electron chi connectivity index (χ0n) is 17.5. The number of alkyl halides is 2. The Bertz CT molecular complexity index is 1280.